The second-order valence-electron chi connectivity index (χ2n) is 5.60. The summed E-state index contributed by atoms with van der Waals surface area (Å²) in [5.74, 6) is 0.742. The number of aryl methyl sites for hydroxylation is 2. The lowest BCUT2D eigenvalue weighted by atomic mass is 10.1. The van der Waals surface area contributed by atoms with Gasteiger partial charge in [-0.2, -0.15) is 5.26 Å². The van der Waals surface area contributed by atoms with Gasteiger partial charge in [-0.1, -0.05) is 0 Å². The molecule has 108 valence electrons. The zero-order chi connectivity index (χ0) is 14.4. The van der Waals surface area contributed by atoms with Crippen LogP contribution < -0.4 is 5.32 Å². The number of aromatic nitrogens is 1. The third-order valence-electron chi connectivity index (χ3n) is 3.85. The Labute approximate surface area is 121 Å². The van der Waals surface area contributed by atoms with Gasteiger partial charge in [0.25, 0.3) is 0 Å². The zero-order valence-electron chi connectivity index (χ0n) is 12.6. The van der Waals surface area contributed by atoms with E-state index in [4.69, 9.17) is 0 Å². The van der Waals surface area contributed by atoms with Gasteiger partial charge in [0.1, 0.15) is 11.9 Å². The minimum Gasteiger partial charge on any atom is -0.369 e. The van der Waals surface area contributed by atoms with E-state index >= 15 is 0 Å². The number of nitrogens with zero attached hydrogens (tertiary/aromatic N) is 3. The van der Waals surface area contributed by atoms with Crippen molar-refractivity contribution in [3.63, 3.8) is 0 Å². The molecule has 4 heteroatoms. The Balaban J connectivity index is 1.77. The molecule has 0 atom stereocenters. The minimum atomic E-state index is 0.676. The van der Waals surface area contributed by atoms with Crippen LogP contribution in [0.15, 0.2) is 6.07 Å². The second-order valence-corrected chi connectivity index (χ2v) is 5.60. The maximum Gasteiger partial charge on any atom is 0.144 e. The molecule has 0 aromatic carbocycles. The van der Waals surface area contributed by atoms with Gasteiger partial charge in [0.2, 0.25) is 0 Å². The molecule has 0 unspecified atom stereocenters. The molecule has 0 saturated carbocycles. The van der Waals surface area contributed by atoms with Crippen LogP contribution in [0.1, 0.15) is 42.5 Å². The Morgan fingerprint density at radius 1 is 1.30 bits per heavy atom. The first-order valence-corrected chi connectivity index (χ1v) is 7.55. The van der Waals surface area contributed by atoms with E-state index in [0.29, 0.717) is 5.56 Å². The van der Waals surface area contributed by atoms with Crippen molar-refractivity contribution in [1.29, 1.82) is 5.26 Å². The number of nitrogens with one attached hydrogen (secondary N) is 1. The van der Waals surface area contributed by atoms with Crippen LogP contribution in [-0.2, 0) is 0 Å². The molecule has 1 N–H and O–H groups in total. The summed E-state index contributed by atoms with van der Waals surface area (Å²) in [7, 11) is 0. The summed E-state index contributed by atoms with van der Waals surface area (Å²) >= 11 is 0. The molecule has 0 aliphatic carbocycles. The Morgan fingerprint density at radius 2 is 2.05 bits per heavy atom. The molecule has 1 saturated heterocycles. The highest BCUT2D eigenvalue weighted by Gasteiger charge is 2.10. The number of anilines is 1. The summed E-state index contributed by atoms with van der Waals surface area (Å²) in [6.07, 6.45) is 5.04. The summed E-state index contributed by atoms with van der Waals surface area (Å²) in [5, 5.41) is 12.5. The third kappa shape index (κ3) is 3.94. The predicted octanol–water partition coefficient (Wildman–Crippen LogP) is 2.86. The average Bonchev–Trinajstić information content (AvgIpc) is 2.91. The predicted molar refractivity (Wildman–Crippen MR) is 81.8 cm³/mol. The average molecular weight is 272 g/mol. The van der Waals surface area contributed by atoms with E-state index in [9.17, 15) is 5.26 Å². The molecule has 2 rings (SSSR count). The van der Waals surface area contributed by atoms with E-state index in [1.165, 1.54) is 38.9 Å². The van der Waals surface area contributed by atoms with Gasteiger partial charge >= 0.3 is 0 Å². The number of rotatable bonds is 6. The maximum absolute atomic E-state index is 9.20. The fraction of sp³-hybridized carbons (Fsp3) is 0.625. The van der Waals surface area contributed by atoms with Gasteiger partial charge in [0.05, 0.1) is 5.56 Å². The largest absolute Gasteiger partial charge is 0.369 e. The van der Waals surface area contributed by atoms with E-state index in [1.807, 2.05) is 19.9 Å². The molecule has 4 nitrogen and oxygen atoms in total. The Hall–Kier alpha value is -1.60. The van der Waals surface area contributed by atoms with Crippen molar-refractivity contribution >= 4 is 5.82 Å². The molecule has 0 radical (unpaired) electrons. The van der Waals surface area contributed by atoms with E-state index < -0.39 is 0 Å². The molecule has 0 bridgehead atoms. The summed E-state index contributed by atoms with van der Waals surface area (Å²) < 4.78 is 0. The third-order valence-corrected chi connectivity index (χ3v) is 3.85. The molecule has 0 spiro atoms. The van der Waals surface area contributed by atoms with Crippen LogP contribution in [0.2, 0.25) is 0 Å². The lowest BCUT2D eigenvalue weighted by Gasteiger charge is -2.14. The first-order valence-electron chi connectivity index (χ1n) is 7.55. The van der Waals surface area contributed by atoms with Gasteiger partial charge in [-0.3, -0.25) is 0 Å². The summed E-state index contributed by atoms with van der Waals surface area (Å²) in [6, 6.07) is 4.20. The normalized spacial score (nSPS) is 15.2. The minimum absolute atomic E-state index is 0.676. The first kappa shape index (κ1) is 14.8. The van der Waals surface area contributed by atoms with Crippen molar-refractivity contribution in [3.8, 4) is 6.07 Å². The van der Waals surface area contributed by atoms with Gasteiger partial charge in [-0.25, -0.2) is 4.98 Å². The molecule has 1 fully saturated rings. The topological polar surface area (TPSA) is 52.0 Å². The molecule has 1 aromatic heterocycles. The monoisotopic (exact) mass is 272 g/mol. The van der Waals surface area contributed by atoms with Crippen LogP contribution in [0.3, 0.4) is 0 Å². The summed E-state index contributed by atoms with van der Waals surface area (Å²) in [5.41, 5.74) is 2.63. The summed E-state index contributed by atoms with van der Waals surface area (Å²) in [6.45, 7) is 8.55. The van der Waals surface area contributed by atoms with Gasteiger partial charge in [-0.15, -0.1) is 0 Å². The quantitative estimate of drug-likeness (QED) is 0.809. The van der Waals surface area contributed by atoms with Gasteiger partial charge in [-0.05, 0) is 70.8 Å². The SMILES string of the molecule is Cc1cc(C)c(C#N)c(NCCCCN2CCCC2)n1. The van der Waals surface area contributed by atoms with Crippen molar-refractivity contribution in [2.45, 2.75) is 39.5 Å². The standard InChI is InChI=1S/C16H24N4/c1-13-11-14(2)19-16(15(13)12-17)18-7-3-4-8-20-9-5-6-10-20/h11H,3-10H2,1-2H3,(H,18,19). The van der Waals surface area contributed by atoms with Gasteiger partial charge in [0.15, 0.2) is 0 Å². The fourth-order valence-electron chi connectivity index (χ4n) is 2.78. The molecule has 1 aliphatic heterocycles. The van der Waals surface area contributed by atoms with E-state index in [-0.39, 0.29) is 0 Å². The van der Waals surface area contributed by atoms with Gasteiger partial charge in [0, 0.05) is 12.2 Å². The van der Waals surface area contributed by atoms with Crippen LogP contribution in [0.5, 0.6) is 0 Å². The van der Waals surface area contributed by atoms with Crippen LogP contribution >= 0.6 is 0 Å². The fourth-order valence-corrected chi connectivity index (χ4v) is 2.78. The highest BCUT2D eigenvalue weighted by Crippen LogP contribution is 2.17. The Morgan fingerprint density at radius 3 is 2.75 bits per heavy atom. The Kier molecular flexibility index (Phi) is 5.37. The lowest BCUT2D eigenvalue weighted by Crippen LogP contribution is -2.21. The van der Waals surface area contributed by atoms with Crippen LogP contribution in [0.4, 0.5) is 5.82 Å². The number of hydrogen-bond donors (Lipinski definition) is 1. The number of unbranched alkanes of at least 4 members (excludes halogenated alkanes) is 1. The molecule has 1 aliphatic rings. The highest BCUT2D eigenvalue weighted by atomic mass is 15.1. The molecule has 0 amide bonds. The molecule has 2 heterocycles. The van der Waals surface area contributed by atoms with Crippen LogP contribution in [0.25, 0.3) is 0 Å². The van der Waals surface area contributed by atoms with Crippen molar-refractivity contribution in [1.82, 2.24) is 9.88 Å². The van der Waals surface area contributed by atoms with Crippen molar-refractivity contribution < 1.29 is 0 Å². The van der Waals surface area contributed by atoms with Gasteiger partial charge < -0.3 is 10.2 Å². The smallest absolute Gasteiger partial charge is 0.144 e. The van der Waals surface area contributed by atoms with Crippen molar-refractivity contribution in [3.05, 3.63) is 22.9 Å². The van der Waals surface area contributed by atoms with Crippen LogP contribution in [0, 0.1) is 25.2 Å². The number of nitriles is 1. The molecule has 20 heavy (non-hydrogen) atoms. The number of likely N-dealkylation sites (tertiary alicyclic amines) is 1. The zero-order valence-corrected chi connectivity index (χ0v) is 12.6. The van der Waals surface area contributed by atoms with E-state index in [0.717, 1.165) is 30.0 Å². The molecule has 1 aromatic rings. The second kappa shape index (κ2) is 7.25. The van der Waals surface area contributed by atoms with E-state index in [2.05, 4.69) is 21.3 Å². The first-order chi connectivity index (χ1) is 9.70. The number of hydrogen-bond acceptors (Lipinski definition) is 4. The maximum atomic E-state index is 9.20. The number of pyridine rings is 1. The summed E-state index contributed by atoms with van der Waals surface area (Å²) in [4.78, 5) is 6.97. The Bertz CT molecular complexity index is 484. The van der Waals surface area contributed by atoms with Crippen molar-refractivity contribution in [2.24, 2.45) is 0 Å². The van der Waals surface area contributed by atoms with E-state index in [1.54, 1.807) is 0 Å². The van der Waals surface area contributed by atoms with Crippen LogP contribution in [-0.4, -0.2) is 36.1 Å². The molecular weight excluding hydrogens is 248 g/mol. The lowest BCUT2D eigenvalue weighted by molar-refractivity contribution is 0.331. The highest BCUT2D eigenvalue weighted by molar-refractivity contribution is 5.56. The van der Waals surface area contributed by atoms with Crippen molar-refractivity contribution in [2.75, 3.05) is 31.5 Å². The molecular formula is C16H24N4.